The Morgan fingerprint density at radius 1 is 1.03 bits per heavy atom. The number of imidazole rings is 1. The molecule has 2 aromatic heterocycles. The summed E-state index contributed by atoms with van der Waals surface area (Å²) in [6, 6.07) is 13.9. The maximum atomic E-state index is 13.3. The number of fused-ring (bicyclic) bond motifs is 1. The summed E-state index contributed by atoms with van der Waals surface area (Å²) in [5, 5.41) is 3.33. The van der Waals surface area contributed by atoms with Crippen LogP contribution in [-0.2, 0) is 24.4 Å². The largest absolute Gasteiger partial charge is 0.333 e. The van der Waals surface area contributed by atoms with E-state index in [0.717, 1.165) is 10.1 Å². The summed E-state index contributed by atoms with van der Waals surface area (Å²) in [4.78, 5) is 43.4. The van der Waals surface area contributed by atoms with Crippen LogP contribution >= 0.6 is 23.2 Å². The number of carbonyl (C=O) groups excluding carboxylic acids is 1. The smallest absolute Gasteiger partial charge is 0.325 e. The van der Waals surface area contributed by atoms with Gasteiger partial charge in [0, 0.05) is 22.3 Å². The van der Waals surface area contributed by atoms with Gasteiger partial charge < -0.3 is 9.88 Å². The molecule has 1 N–H and O–H groups in total. The van der Waals surface area contributed by atoms with Crippen molar-refractivity contribution in [3.63, 3.8) is 0 Å². The van der Waals surface area contributed by atoms with Crippen LogP contribution in [0.4, 0.5) is 5.69 Å². The molecular formula is C22H19Cl2N5O3. The monoisotopic (exact) mass is 471 g/mol. The average Bonchev–Trinajstić information content (AvgIpc) is 3.18. The number of aryl methyl sites for hydroxylation is 1. The van der Waals surface area contributed by atoms with Gasteiger partial charge >= 0.3 is 5.69 Å². The molecule has 8 nitrogen and oxygen atoms in total. The van der Waals surface area contributed by atoms with E-state index in [1.165, 1.54) is 29.1 Å². The van der Waals surface area contributed by atoms with Crippen molar-refractivity contribution in [2.75, 3.05) is 5.32 Å². The SMILES string of the molecule is CCn1cnc2c1c(=O)n(CC(=O)Nc1cc(Cl)cc(Cl)c1)c(=O)n2Cc1ccccc1. The van der Waals surface area contributed by atoms with E-state index in [-0.39, 0.29) is 17.7 Å². The van der Waals surface area contributed by atoms with Crippen molar-refractivity contribution >= 4 is 46.0 Å². The normalized spacial score (nSPS) is 11.1. The van der Waals surface area contributed by atoms with E-state index in [2.05, 4.69) is 10.3 Å². The second-order valence-corrected chi connectivity index (χ2v) is 8.03. The molecule has 0 atom stereocenters. The molecule has 0 saturated heterocycles. The summed E-state index contributed by atoms with van der Waals surface area (Å²) in [6.07, 6.45) is 1.52. The molecule has 32 heavy (non-hydrogen) atoms. The van der Waals surface area contributed by atoms with Gasteiger partial charge in [0.05, 0.1) is 12.9 Å². The van der Waals surface area contributed by atoms with Crippen LogP contribution in [0.2, 0.25) is 10.0 Å². The van der Waals surface area contributed by atoms with E-state index in [9.17, 15) is 14.4 Å². The molecular weight excluding hydrogens is 453 g/mol. The lowest BCUT2D eigenvalue weighted by Gasteiger charge is -2.13. The van der Waals surface area contributed by atoms with Gasteiger partial charge in [0.25, 0.3) is 5.56 Å². The van der Waals surface area contributed by atoms with Gasteiger partial charge in [-0.25, -0.2) is 14.3 Å². The second kappa shape index (κ2) is 9.02. The summed E-state index contributed by atoms with van der Waals surface area (Å²) in [7, 11) is 0. The Morgan fingerprint density at radius 2 is 1.72 bits per heavy atom. The molecule has 0 aliphatic rings. The fourth-order valence-electron chi connectivity index (χ4n) is 3.50. The highest BCUT2D eigenvalue weighted by Crippen LogP contribution is 2.22. The first-order valence-electron chi connectivity index (χ1n) is 9.85. The quantitative estimate of drug-likeness (QED) is 0.466. The molecule has 0 unspecified atom stereocenters. The molecule has 0 saturated carbocycles. The predicted molar refractivity (Wildman–Crippen MR) is 125 cm³/mol. The van der Waals surface area contributed by atoms with Crippen LogP contribution in [0.1, 0.15) is 12.5 Å². The van der Waals surface area contributed by atoms with E-state index in [1.807, 2.05) is 37.3 Å². The van der Waals surface area contributed by atoms with Gasteiger partial charge in [-0.2, -0.15) is 0 Å². The van der Waals surface area contributed by atoms with Crippen LogP contribution < -0.4 is 16.6 Å². The highest BCUT2D eigenvalue weighted by Gasteiger charge is 2.19. The van der Waals surface area contributed by atoms with Crippen LogP contribution in [0.3, 0.4) is 0 Å². The third kappa shape index (κ3) is 4.32. The summed E-state index contributed by atoms with van der Waals surface area (Å²) in [6.45, 7) is 2.10. The standard InChI is InChI=1S/C22H19Cl2N5O3/c1-2-27-13-25-20-19(27)21(31)29(22(32)28(20)11-14-6-4-3-5-7-14)12-18(30)26-17-9-15(23)8-16(24)10-17/h3-10,13H,2,11-12H2,1H3,(H,26,30). The molecule has 1 amide bonds. The maximum absolute atomic E-state index is 13.3. The maximum Gasteiger partial charge on any atom is 0.333 e. The van der Waals surface area contributed by atoms with Crippen LogP contribution in [0.25, 0.3) is 11.2 Å². The third-order valence-corrected chi connectivity index (χ3v) is 5.39. The van der Waals surface area contributed by atoms with Crippen molar-refractivity contribution in [3.8, 4) is 0 Å². The minimum Gasteiger partial charge on any atom is -0.325 e. The van der Waals surface area contributed by atoms with Crippen molar-refractivity contribution in [1.29, 1.82) is 0 Å². The second-order valence-electron chi connectivity index (χ2n) is 7.15. The minimum absolute atomic E-state index is 0.211. The lowest BCUT2D eigenvalue weighted by molar-refractivity contribution is -0.116. The molecule has 0 fully saturated rings. The van der Waals surface area contributed by atoms with Gasteiger partial charge in [0.15, 0.2) is 11.2 Å². The molecule has 0 aliphatic heterocycles. The van der Waals surface area contributed by atoms with E-state index in [4.69, 9.17) is 23.2 Å². The Hall–Kier alpha value is -3.36. The number of amides is 1. The van der Waals surface area contributed by atoms with Crippen LogP contribution in [0, 0.1) is 0 Å². The number of nitrogens with zero attached hydrogens (tertiary/aromatic N) is 4. The Morgan fingerprint density at radius 3 is 2.38 bits per heavy atom. The van der Waals surface area contributed by atoms with Gasteiger partial charge in [0.2, 0.25) is 5.91 Å². The lowest BCUT2D eigenvalue weighted by Crippen LogP contribution is -2.43. The number of halogens is 2. The average molecular weight is 472 g/mol. The van der Waals surface area contributed by atoms with Crippen molar-refractivity contribution in [2.24, 2.45) is 0 Å². The fourth-order valence-corrected chi connectivity index (χ4v) is 4.02. The van der Waals surface area contributed by atoms with Gasteiger partial charge in [-0.1, -0.05) is 53.5 Å². The summed E-state index contributed by atoms with van der Waals surface area (Å²) in [5.74, 6) is -0.560. The number of rotatable bonds is 6. The molecule has 0 radical (unpaired) electrons. The Bertz CT molecular complexity index is 1400. The summed E-state index contributed by atoms with van der Waals surface area (Å²) < 4.78 is 3.98. The molecule has 2 aromatic carbocycles. The van der Waals surface area contributed by atoms with Crippen molar-refractivity contribution < 1.29 is 4.79 Å². The summed E-state index contributed by atoms with van der Waals surface area (Å²) >= 11 is 11.9. The molecule has 2 heterocycles. The zero-order valence-electron chi connectivity index (χ0n) is 17.1. The van der Waals surface area contributed by atoms with Crippen molar-refractivity contribution in [2.45, 2.75) is 26.6 Å². The molecule has 0 spiro atoms. The van der Waals surface area contributed by atoms with Crippen LogP contribution in [0.5, 0.6) is 0 Å². The minimum atomic E-state index is -0.619. The molecule has 0 bridgehead atoms. The topological polar surface area (TPSA) is 90.9 Å². The fraction of sp³-hybridized carbons (Fsp3) is 0.182. The number of benzene rings is 2. The Kier molecular flexibility index (Phi) is 6.16. The predicted octanol–water partition coefficient (Wildman–Crippen LogP) is 3.37. The first-order valence-corrected chi connectivity index (χ1v) is 10.6. The Balaban J connectivity index is 1.77. The molecule has 0 aliphatic carbocycles. The molecule has 10 heteroatoms. The Labute approximate surface area is 192 Å². The van der Waals surface area contributed by atoms with E-state index >= 15 is 0 Å². The number of anilines is 1. The highest BCUT2D eigenvalue weighted by atomic mass is 35.5. The van der Waals surface area contributed by atoms with Crippen molar-refractivity contribution in [3.05, 3.63) is 91.3 Å². The van der Waals surface area contributed by atoms with E-state index < -0.39 is 23.7 Å². The van der Waals surface area contributed by atoms with Crippen LogP contribution in [0.15, 0.2) is 64.4 Å². The molecule has 4 rings (SSSR count). The van der Waals surface area contributed by atoms with E-state index in [0.29, 0.717) is 22.3 Å². The number of nitrogens with one attached hydrogen (secondary N) is 1. The van der Waals surface area contributed by atoms with Crippen LogP contribution in [-0.4, -0.2) is 24.6 Å². The first-order chi connectivity index (χ1) is 15.4. The summed E-state index contributed by atoms with van der Waals surface area (Å²) in [5.41, 5.74) is 0.584. The molecule has 4 aromatic rings. The number of hydrogen-bond acceptors (Lipinski definition) is 4. The zero-order chi connectivity index (χ0) is 22.8. The number of carbonyl (C=O) groups is 1. The van der Waals surface area contributed by atoms with Crippen molar-refractivity contribution in [1.82, 2.24) is 18.7 Å². The van der Waals surface area contributed by atoms with Gasteiger partial charge in [-0.05, 0) is 30.7 Å². The first kappa shape index (κ1) is 21.9. The van der Waals surface area contributed by atoms with Gasteiger partial charge in [-0.15, -0.1) is 0 Å². The third-order valence-electron chi connectivity index (χ3n) is 4.96. The highest BCUT2D eigenvalue weighted by molar-refractivity contribution is 6.35. The van der Waals surface area contributed by atoms with Gasteiger partial charge in [0.1, 0.15) is 6.54 Å². The number of hydrogen-bond donors (Lipinski definition) is 1. The number of aromatic nitrogens is 4. The lowest BCUT2D eigenvalue weighted by atomic mass is 10.2. The van der Waals surface area contributed by atoms with E-state index in [1.54, 1.807) is 4.57 Å². The zero-order valence-corrected chi connectivity index (χ0v) is 18.6. The molecule has 164 valence electrons. The van der Waals surface area contributed by atoms with Gasteiger partial charge in [-0.3, -0.25) is 14.2 Å².